The lowest BCUT2D eigenvalue weighted by Crippen LogP contribution is -2.43. The van der Waals surface area contributed by atoms with Crippen molar-refractivity contribution in [3.05, 3.63) is 65.7 Å². The molecule has 0 saturated carbocycles. The van der Waals surface area contributed by atoms with Crippen molar-refractivity contribution in [3.8, 4) is 0 Å². The normalized spacial score (nSPS) is 13.4. The van der Waals surface area contributed by atoms with Crippen molar-refractivity contribution in [1.29, 1.82) is 0 Å². The maximum absolute atomic E-state index is 12.2. The fourth-order valence-electron chi connectivity index (χ4n) is 2.61. The highest BCUT2D eigenvalue weighted by molar-refractivity contribution is 7.80. The molecule has 0 atom stereocenters. The van der Waals surface area contributed by atoms with Gasteiger partial charge in [0, 0.05) is 24.1 Å². The van der Waals surface area contributed by atoms with Gasteiger partial charge in [-0.3, -0.25) is 30.1 Å². The molecule has 7 nitrogen and oxygen atoms in total. The largest absolute Gasteiger partial charge is 0.331 e. The maximum atomic E-state index is 12.2. The van der Waals surface area contributed by atoms with E-state index in [1.807, 2.05) is 30.3 Å². The average Bonchev–Trinajstić information content (AvgIpc) is 2.99. The van der Waals surface area contributed by atoms with Gasteiger partial charge in [-0.05, 0) is 42.0 Å². The third kappa shape index (κ3) is 4.89. The molecule has 0 radical (unpaired) electrons. The predicted octanol–water partition coefficient (Wildman–Crippen LogP) is 1.97. The van der Waals surface area contributed by atoms with Crippen molar-refractivity contribution in [2.75, 3.05) is 5.32 Å². The first-order valence-electron chi connectivity index (χ1n) is 8.37. The Morgan fingerprint density at radius 2 is 1.56 bits per heavy atom. The van der Waals surface area contributed by atoms with Crippen LogP contribution in [0.15, 0.2) is 54.6 Å². The molecular formula is C19H18N4O3S. The Morgan fingerprint density at radius 1 is 0.926 bits per heavy atom. The molecule has 1 aliphatic heterocycles. The smallest absolute Gasteiger partial charge is 0.269 e. The van der Waals surface area contributed by atoms with E-state index in [0.29, 0.717) is 5.56 Å². The van der Waals surface area contributed by atoms with Gasteiger partial charge in [0.2, 0.25) is 11.8 Å². The fraction of sp³-hybridized carbons (Fsp3) is 0.158. The molecule has 0 bridgehead atoms. The van der Waals surface area contributed by atoms with Crippen LogP contribution in [0.25, 0.3) is 0 Å². The van der Waals surface area contributed by atoms with Crippen molar-refractivity contribution in [2.45, 2.75) is 19.4 Å². The lowest BCUT2D eigenvalue weighted by Gasteiger charge is -2.14. The van der Waals surface area contributed by atoms with Crippen molar-refractivity contribution in [1.82, 2.24) is 15.8 Å². The molecule has 3 amide bonds. The summed E-state index contributed by atoms with van der Waals surface area (Å²) in [6, 6.07) is 16.0. The number of carbonyl (C=O) groups excluding carboxylic acids is 3. The molecule has 8 heteroatoms. The summed E-state index contributed by atoms with van der Waals surface area (Å²) in [7, 11) is 0. The van der Waals surface area contributed by atoms with Crippen LogP contribution >= 0.6 is 12.2 Å². The zero-order valence-corrected chi connectivity index (χ0v) is 15.2. The van der Waals surface area contributed by atoms with Crippen LogP contribution in [0.3, 0.4) is 0 Å². The van der Waals surface area contributed by atoms with E-state index in [1.54, 1.807) is 24.3 Å². The van der Waals surface area contributed by atoms with Crippen molar-refractivity contribution in [2.24, 2.45) is 0 Å². The Labute approximate surface area is 161 Å². The summed E-state index contributed by atoms with van der Waals surface area (Å²) >= 11 is 5.12. The molecule has 0 aliphatic carbocycles. The Morgan fingerprint density at radius 3 is 2.19 bits per heavy atom. The highest BCUT2D eigenvalue weighted by atomic mass is 32.1. The van der Waals surface area contributed by atoms with Gasteiger partial charge in [0.05, 0.1) is 6.54 Å². The summed E-state index contributed by atoms with van der Waals surface area (Å²) < 4.78 is 0. The highest BCUT2D eigenvalue weighted by Gasteiger charge is 2.28. The van der Waals surface area contributed by atoms with Gasteiger partial charge in [-0.2, -0.15) is 0 Å². The molecule has 27 heavy (non-hydrogen) atoms. The average molecular weight is 382 g/mol. The number of para-hydroxylation sites is 1. The van der Waals surface area contributed by atoms with Crippen LogP contribution in [-0.2, 0) is 16.1 Å². The molecule has 3 N–H and O–H groups in total. The van der Waals surface area contributed by atoms with Gasteiger partial charge in [-0.25, -0.2) is 0 Å². The monoisotopic (exact) mass is 382 g/mol. The van der Waals surface area contributed by atoms with Gasteiger partial charge < -0.3 is 5.32 Å². The van der Waals surface area contributed by atoms with Crippen LogP contribution in [0.1, 0.15) is 28.8 Å². The summed E-state index contributed by atoms with van der Waals surface area (Å²) in [4.78, 5) is 36.7. The van der Waals surface area contributed by atoms with E-state index in [0.717, 1.165) is 11.3 Å². The number of imide groups is 1. The number of hydrazine groups is 1. The Hall–Kier alpha value is -3.26. The van der Waals surface area contributed by atoms with E-state index in [1.165, 1.54) is 4.90 Å². The summed E-state index contributed by atoms with van der Waals surface area (Å²) in [5, 5.41) is 3.20. The minimum atomic E-state index is -0.355. The molecule has 2 aromatic rings. The first kappa shape index (κ1) is 18.5. The number of rotatable bonds is 4. The zero-order chi connectivity index (χ0) is 19.2. The van der Waals surface area contributed by atoms with Crippen LogP contribution in [0.4, 0.5) is 5.69 Å². The van der Waals surface area contributed by atoms with Crippen LogP contribution < -0.4 is 16.2 Å². The number of nitrogens with one attached hydrogen (secondary N) is 3. The number of anilines is 1. The number of hydrogen-bond donors (Lipinski definition) is 3. The minimum Gasteiger partial charge on any atom is -0.331 e. The van der Waals surface area contributed by atoms with Crippen molar-refractivity contribution >= 4 is 40.7 Å². The van der Waals surface area contributed by atoms with Gasteiger partial charge >= 0.3 is 0 Å². The second-order valence-corrected chi connectivity index (χ2v) is 6.38. The molecule has 0 aromatic heterocycles. The lowest BCUT2D eigenvalue weighted by molar-refractivity contribution is -0.139. The second kappa shape index (κ2) is 8.41. The minimum absolute atomic E-state index is 0.162. The third-order valence-corrected chi connectivity index (χ3v) is 4.24. The number of amides is 3. The number of carbonyl (C=O) groups is 3. The zero-order valence-electron chi connectivity index (χ0n) is 14.4. The van der Waals surface area contributed by atoms with Crippen LogP contribution in [-0.4, -0.2) is 27.7 Å². The van der Waals surface area contributed by atoms with Crippen LogP contribution in [0, 0.1) is 0 Å². The molecule has 2 aromatic carbocycles. The summed E-state index contributed by atoms with van der Waals surface area (Å²) in [5.41, 5.74) is 7.16. The number of hydrogen-bond acceptors (Lipinski definition) is 4. The summed E-state index contributed by atoms with van der Waals surface area (Å²) in [5.74, 6) is -0.678. The van der Waals surface area contributed by atoms with Crippen molar-refractivity contribution < 1.29 is 14.4 Å². The highest BCUT2D eigenvalue weighted by Crippen LogP contribution is 2.16. The number of benzene rings is 2. The third-order valence-electron chi connectivity index (χ3n) is 4.03. The second-order valence-electron chi connectivity index (χ2n) is 5.97. The molecular weight excluding hydrogens is 364 g/mol. The molecule has 1 saturated heterocycles. The molecule has 1 heterocycles. The van der Waals surface area contributed by atoms with E-state index in [2.05, 4.69) is 16.2 Å². The topological polar surface area (TPSA) is 90.5 Å². The van der Waals surface area contributed by atoms with E-state index in [9.17, 15) is 14.4 Å². The fourth-order valence-corrected chi connectivity index (χ4v) is 2.78. The van der Waals surface area contributed by atoms with Crippen LogP contribution in [0.5, 0.6) is 0 Å². The van der Waals surface area contributed by atoms with Crippen molar-refractivity contribution in [3.63, 3.8) is 0 Å². The van der Waals surface area contributed by atoms with Gasteiger partial charge in [0.1, 0.15) is 0 Å². The lowest BCUT2D eigenvalue weighted by atomic mass is 10.1. The molecule has 1 fully saturated rings. The SMILES string of the molecule is O=C(NNC(=S)Nc1ccccc1)c1ccc(CN2C(=O)CCC2=O)cc1. The quantitative estimate of drug-likeness (QED) is 0.426. The van der Waals surface area contributed by atoms with Gasteiger partial charge in [-0.15, -0.1) is 0 Å². The predicted molar refractivity (Wildman–Crippen MR) is 104 cm³/mol. The first-order valence-corrected chi connectivity index (χ1v) is 8.78. The van der Waals surface area contributed by atoms with E-state index < -0.39 is 0 Å². The molecule has 1 aliphatic rings. The van der Waals surface area contributed by atoms with E-state index in [-0.39, 0.29) is 42.2 Å². The number of thiocarbonyl (C=S) groups is 1. The summed E-state index contributed by atoms with van der Waals surface area (Å²) in [6.45, 7) is 0.225. The number of likely N-dealkylation sites (tertiary alicyclic amines) is 1. The molecule has 138 valence electrons. The van der Waals surface area contributed by atoms with E-state index >= 15 is 0 Å². The Balaban J connectivity index is 1.51. The first-order chi connectivity index (χ1) is 13.0. The number of nitrogens with zero attached hydrogens (tertiary/aromatic N) is 1. The molecule has 0 spiro atoms. The standard InChI is InChI=1S/C19H18N4O3S/c24-16-10-11-17(25)23(16)12-13-6-8-14(9-7-13)18(26)21-22-19(27)20-15-4-2-1-3-5-15/h1-9H,10-12H2,(H,21,26)(H2,20,22,27). The molecule has 0 unspecified atom stereocenters. The van der Waals surface area contributed by atoms with Gasteiger partial charge in [0.25, 0.3) is 5.91 Å². The summed E-state index contributed by atoms with van der Waals surface area (Å²) in [6.07, 6.45) is 0.532. The Bertz CT molecular complexity index is 852. The maximum Gasteiger partial charge on any atom is 0.269 e. The van der Waals surface area contributed by atoms with E-state index in [4.69, 9.17) is 12.2 Å². The van der Waals surface area contributed by atoms with Gasteiger partial charge in [-0.1, -0.05) is 30.3 Å². The Kier molecular flexibility index (Phi) is 5.77. The molecule has 3 rings (SSSR count). The van der Waals surface area contributed by atoms with Crippen LogP contribution in [0.2, 0.25) is 0 Å². The van der Waals surface area contributed by atoms with Gasteiger partial charge in [0.15, 0.2) is 5.11 Å².